The normalized spacial score (nSPS) is 17.0. The van der Waals surface area contributed by atoms with Crippen molar-refractivity contribution in [2.75, 3.05) is 18.4 Å². The predicted molar refractivity (Wildman–Crippen MR) is 115 cm³/mol. The van der Waals surface area contributed by atoms with Crippen molar-refractivity contribution in [2.45, 2.75) is 30.2 Å². The van der Waals surface area contributed by atoms with E-state index in [9.17, 15) is 17.2 Å². The second kappa shape index (κ2) is 8.27. The number of piperidine rings is 1. The van der Waals surface area contributed by atoms with Crippen molar-refractivity contribution in [3.63, 3.8) is 0 Å². The highest BCUT2D eigenvalue weighted by Gasteiger charge is 2.34. The van der Waals surface area contributed by atoms with Gasteiger partial charge in [-0.15, -0.1) is 0 Å². The zero-order valence-electron chi connectivity index (χ0n) is 16.4. The molecule has 1 aromatic heterocycles. The lowest BCUT2D eigenvalue weighted by Gasteiger charge is -2.32. The summed E-state index contributed by atoms with van der Waals surface area (Å²) < 4.78 is 50.8. The van der Waals surface area contributed by atoms with Crippen LogP contribution in [-0.4, -0.2) is 42.3 Å². The van der Waals surface area contributed by atoms with Crippen LogP contribution >= 0.6 is 11.6 Å². The first-order valence-electron chi connectivity index (χ1n) is 9.54. The number of aromatic nitrogens is 2. The van der Waals surface area contributed by atoms with E-state index in [0.717, 1.165) is 5.56 Å². The summed E-state index contributed by atoms with van der Waals surface area (Å²) in [6, 6.07) is 9.62. The zero-order chi connectivity index (χ0) is 22.2. The van der Waals surface area contributed by atoms with Crippen LogP contribution in [0.2, 0.25) is 5.02 Å². The molecule has 1 saturated heterocycles. The van der Waals surface area contributed by atoms with Crippen LogP contribution in [0.4, 0.5) is 20.3 Å². The number of alkyl halides is 2. The van der Waals surface area contributed by atoms with Gasteiger partial charge in [0.15, 0.2) is 0 Å². The second-order valence-electron chi connectivity index (χ2n) is 7.50. The monoisotopic (exact) mass is 467 g/mol. The Kier molecular flexibility index (Phi) is 5.82. The minimum Gasteiger partial charge on any atom is -0.339 e. The van der Waals surface area contributed by atoms with Gasteiger partial charge in [-0.1, -0.05) is 17.7 Å². The number of nitrogens with zero attached hydrogens (tertiary/aromatic N) is 3. The van der Waals surface area contributed by atoms with Gasteiger partial charge < -0.3 is 5.32 Å². The summed E-state index contributed by atoms with van der Waals surface area (Å²) in [4.78, 5) is 10.3. The molecular weight excluding hydrogens is 448 g/mol. The number of likely N-dealkylation sites (tertiary alicyclic amines) is 1. The summed E-state index contributed by atoms with van der Waals surface area (Å²) in [6.07, 6.45) is 0.967. The van der Waals surface area contributed by atoms with Crippen molar-refractivity contribution in [2.24, 2.45) is 5.14 Å². The van der Waals surface area contributed by atoms with E-state index >= 15 is 0 Å². The van der Waals surface area contributed by atoms with Crippen molar-refractivity contribution in [3.05, 3.63) is 53.3 Å². The molecule has 1 aliphatic rings. The number of sulfonamides is 1. The number of primary sulfonamides is 1. The highest BCUT2D eigenvalue weighted by molar-refractivity contribution is 7.89. The molecule has 1 aliphatic heterocycles. The molecule has 0 radical (unpaired) electrons. The maximum absolute atomic E-state index is 13.5. The van der Waals surface area contributed by atoms with Gasteiger partial charge in [0.05, 0.1) is 10.4 Å². The number of halogens is 3. The molecule has 31 heavy (non-hydrogen) atoms. The highest BCUT2D eigenvalue weighted by atomic mass is 35.5. The van der Waals surface area contributed by atoms with Gasteiger partial charge in [-0.05, 0) is 35.9 Å². The van der Waals surface area contributed by atoms with Gasteiger partial charge >= 0.3 is 0 Å². The maximum Gasteiger partial charge on any atom is 0.250 e. The largest absolute Gasteiger partial charge is 0.339 e. The number of anilines is 2. The third-order valence-corrected chi connectivity index (χ3v) is 6.39. The molecule has 164 valence electrons. The summed E-state index contributed by atoms with van der Waals surface area (Å²) in [5.74, 6) is -2.21. The van der Waals surface area contributed by atoms with Crippen molar-refractivity contribution >= 4 is 44.0 Å². The van der Waals surface area contributed by atoms with Crippen LogP contribution in [0.1, 0.15) is 18.4 Å². The molecule has 0 bridgehead atoms. The molecule has 0 spiro atoms. The van der Waals surface area contributed by atoms with Crippen LogP contribution in [0.25, 0.3) is 10.9 Å². The van der Waals surface area contributed by atoms with E-state index in [4.69, 9.17) is 16.7 Å². The number of rotatable bonds is 5. The first-order valence-corrected chi connectivity index (χ1v) is 11.5. The number of fused-ring (bicyclic) bond motifs is 1. The van der Waals surface area contributed by atoms with E-state index in [1.54, 1.807) is 24.3 Å². The number of hydrogen-bond donors (Lipinski definition) is 2. The van der Waals surface area contributed by atoms with Crippen molar-refractivity contribution in [1.82, 2.24) is 14.9 Å². The van der Waals surface area contributed by atoms with E-state index in [0.29, 0.717) is 34.0 Å². The number of nitrogens with two attached hydrogens (primary N) is 1. The van der Waals surface area contributed by atoms with Crippen LogP contribution in [-0.2, 0) is 16.6 Å². The third kappa shape index (κ3) is 5.09. The summed E-state index contributed by atoms with van der Waals surface area (Å²) >= 11 is 6.11. The van der Waals surface area contributed by atoms with E-state index in [1.807, 2.05) is 4.90 Å². The van der Waals surface area contributed by atoms with Crippen molar-refractivity contribution < 1.29 is 17.2 Å². The van der Waals surface area contributed by atoms with Gasteiger partial charge in [-0.25, -0.2) is 32.3 Å². The van der Waals surface area contributed by atoms with Crippen LogP contribution in [0.3, 0.4) is 0 Å². The van der Waals surface area contributed by atoms with Gasteiger partial charge in [0, 0.05) is 48.6 Å². The Labute approximate surface area is 183 Å². The average Bonchev–Trinajstić information content (AvgIpc) is 2.70. The predicted octanol–water partition coefficient (Wildman–Crippen LogP) is 3.91. The Morgan fingerprint density at radius 1 is 1.13 bits per heavy atom. The third-order valence-electron chi connectivity index (χ3n) is 5.24. The molecule has 0 atom stereocenters. The first-order chi connectivity index (χ1) is 14.6. The average molecular weight is 468 g/mol. The molecular formula is C20H20ClF2N5O2S. The molecule has 0 unspecified atom stereocenters. The lowest BCUT2D eigenvalue weighted by Crippen LogP contribution is -2.38. The molecule has 2 heterocycles. The number of nitrogens with one attached hydrogen (secondary N) is 1. The number of hydrogen-bond acceptors (Lipinski definition) is 6. The Balaban J connectivity index is 1.70. The molecule has 1 fully saturated rings. The van der Waals surface area contributed by atoms with Crippen LogP contribution in [0.15, 0.2) is 47.6 Å². The Morgan fingerprint density at radius 3 is 2.58 bits per heavy atom. The van der Waals surface area contributed by atoms with Crippen LogP contribution in [0, 0.1) is 0 Å². The van der Waals surface area contributed by atoms with E-state index in [1.165, 1.54) is 18.5 Å². The molecule has 0 saturated carbocycles. The molecule has 7 nitrogen and oxygen atoms in total. The lowest BCUT2D eigenvalue weighted by atomic mass is 10.1. The van der Waals surface area contributed by atoms with Gasteiger partial charge in [0.1, 0.15) is 12.1 Å². The van der Waals surface area contributed by atoms with Crippen molar-refractivity contribution in [1.29, 1.82) is 0 Å². The summed E-state index contributed by atoms with van der Waals surface area (Å²) in [5.41, 5.74) is 1.85. The summed E-state index contributed by atoms with van der Waals surface area (Å²) in [5, 5.41) is 9.61. The number of benzene rings is 2. The first kappa shape index (κ1) is 21.8. The lowest BCUT2D eigenvalue weighted by molar-refractivity contribution is -0.0566. The molecule has 4 rings (SSSR count). The summed E-state index contributed by atoms with van der Waals surface area (Å²) in [6.45, 7) is 0.859. The van der Waals surface area contributed by atoms with Crippen LogP contribution in [0.5, 0.6) is 0 Å². The standard InChI is InChI=1S/C20H20ClF2N5O2S/c21-14-2-4-17-16(9-14)19(26-12-25-17)27-18-10-15(31(24,29)30)3-1-13(18)11-28-7-5-20(22,23)6-8-28/h1-4,9-10,12H,5-8,11H2,(H2,24,29,30)(H,25,26,27). The Hall–Kier alpha value is -2.40. The Bertz CT molecular complexity index is 1230. The van der Waals surface area contributed by atoms with Gasteiger partial charge in [0.25, 0.3) is 5.92 Å². The molecule has 3 aromatic rings. The van der Waals surface area contributed by atoms with Crippen LogP contribution < -0.4 is 10.5 Å². The van der Waals surface area contributed by atoms with Crippen molar-refractivity contribution in [3.8, 4) is 0 Å². The quantitative estimate of drug-likeness (QED) is 0.590. The van der Waals surface area contributed by atoms with E-state index in [2.05, 4.69) is 15.3 Å². The molecule has 3 N–H and O–H groups in total. The molecule has 2 aromatic carbocycles. The summed E-state index contributed by atoms with van der Waals surface area (Å²) in [7, 11) is -3.94. The van der Waals surface area contributed by atoms with E-state index in [-0.39, 0.29) is 30.8 Å². The zero-order valence-corrected chi connectivity index (χ0v) is 17.9. The van der Waals surface area contributed by atoms with E-state index < -0.39 is 15.9 Å². The maximum atomic E-state index is 13.5. The smallest absolute Gasteiger partial charge is 0.250 e. The minimum absolute atomic E-state index is 0.0691. The molecule has 0 aliphatic carbocycles. The second-order valence-corrected chi connectivity index (χ2v) is 9.50. The SMILES string of the molecule is NS(=O)(=O)c1ccc(CN2CCC(F)(F)CC2)c(Nc2ncnc3ccc(Cl)cc23)c1. The molecule has 11 heteroatoms. The Morgan fingerprint density at radius 2 is 1.87 bits per heavy atom. The highest BCUT2D eigenvalue weighted by Crippen LogP contribution is 2.32. The van der Waals surface area contributed by atoms with Gasteiger partial charge in [-0.2, -0.15) is 0 Å². The molecule has 0 amide bonds. The fourth-order valence-corrected chi connectivity index (χ4v) is 4.23. The topological polar surface area (TPSA) is 101 Å². The fraction of sp³-hybridized carbons (Fsp3) is 0.300. The van der Waals surface area contributed by atoms with Gasteiger partial charge in [0.2, 0.25) is 10.0 Å². The minimum atomic E-state index is -3.94. The van der Waals surface area contributed by atoms with Gasteiger partial charge in [-0.3, -0.25) is 4.90 Å². The fourth-order valence-electron chi connectivity index (χ4n) is 3.52.